The van der Waals surface area contributed by atoms with Crippen molar-refractivity contribution in [3.05, 3.63) is 85.1 Å². The van der Waals surface area contributed by atoms with Gasteiger partial charge < -0.3 is 89.9 Å². The summed E-state index contributed by atoms with van der Waals surface area (Å²) >= 11 is 0. The number of hydrogen-bond acceptors (Lipinski definition) is 18. The van der Waals surface area contributed by atoms with E-state index in [4.69, 9.17) is 28.4 Å². The highest BCUT2D eigenvalue weighted by atomic mass is 16.8. The molecule has 0 aromatic carbocycles. The van der Waals surface area contributed by atoms with Crippen LogP contribution in [0.15, 0.2) is 85.1 Å². The van der Waals surface area contributed by atoms with Crippen LogP contribution in [0.2, 0.25) is 0 Å². The molecule has 0 bridgehead atoms. The Kier molecular flexibility index (Phi) is 48.9. The smallest absolute Gasteiger partial charge is 0.220 e. The zero-order valence-electron chi connectivity index (χ0n) is 56.3. The van der Waals surface area contributed by atoms with Crippen molar-refractivity contribution in [2.75, 3.05) is 26.4 Å². The van der Waals surface area contributed by atoms with Crippen LogP contribution in [0.3, 0.4) is 0 Å². The molecule has 3 aliphatic rings. The van der Waals surface area contributed by atoms with Crippen molar-refractivity contribution in [2.24, 2.45) is 0 Å². The number of rotatable bonds is 54. The zero-order chi connectivity index (χ0) is 66.8. The lowest BCUT2D eigenvalue weighted by atomic mass is 9.96. The fraction of sp³-hybridized carbons (Fsp3) is 0.795. The van der Waals surface area contributed by atoms with Crippen LogP contribution >= 0.6 is 0 Å². The molecule has 19 nitrogen and oxygen atoms in total. The number of hydrogen-bond donors (Lipinski definition) is 12. The lowest BCUT2D eigenvalue weighted by Gasteiger charge is -2.48. The van der Waals surface area contributed by atoms with Crippen LogP contribution in [0.25, 0.3) is 0 Å². The Hall–Kier alpha value is -3.03. The summed E-state index contributed by atoms with van der Waals surface area (Å²) in [7, 11) is 0. The van der Waals surface area contributed by atoms with Crippen molar-refractivity contribution in [1.29, 1.82) is 0 Å². The summed E-state index contributed by atoms with van der Waals surface area (Å²) < 4.78 is 34.3. The van der Waals surface area contributed by atoms with E-state index in [1.165, 1.54) is 128 Å². The summed E-state index contributed by atoms with van der Waals surface area (Å²) in [5, 5.41) is 120. The highest BCUT2D eigenvalue weighted by Gasteiger charge is 2.53. The summed E-state index contributed by atoms with van der Waals surface area (Å²) in [5.41, 5.74) is 0. The summed E-state index contributed by atoms with van der Waals surface area (Å²) in [5.74, 6) is -0.278. The van der Waals surface area contributed by atoms with E-state index in [1.807, 2.05) is 6.08 Å². The van der Waals surface area contributed by atoms with Gasteiger partial charge >= 0.3 is 0 Å². The Balaban J connectivity index is 1.30. The Morgan fingerprint density at radius 1 is 0.402 bits per heavy atom. The molecule has 0 spiro atoms. The predicted molar refractivity (Wildman–Crippen MR) is 360 cm³/mol. The van der Waals surface area contributed by atoms with Gasteiger partial charge in [-0.15, -0.1) is 0 Å². The van der Waals surface area contributed by atoms with Gasteiger partial charge in [0, 0.05) is 6.42 Å². The summed E-state index contributed by atoms with van der Waals surface area (Å²) in [6.45, 7) is 1.58. The van der Waals surface area contributed by atoms with Crippen LogP contribution in [0, 0.1) is 0 Å². The molecule has 0 aromatic rings. The number of carbonyl (C=O) groups is 1. The van der Waals surface area contributed by atoms with Crippen molar-refractivity contribution in [3.63, 3.8) is 0 Å². The number of ether oxygens (including phenoxy) is 6. The third-order valence-electron chi connectivity index (χ3n) is 17.4. The molecule has 17 atom stereocenters. The molecular weight excluding hydrogens is 1180 g/mol. The Morgan fingerprint density at radius 2 is 0.750 bits per heavy atom. The van der Waals surface area contributed by atoms with Gasteiger partial charge in [0.2, 0.25) is 5.91 Å². The molecule has 19 heteroatoms. The maximum absolute atomic E-state index is 13.4. The fourth-order valence-electron chi connectivity index (χ4n) is 11.7. The normalized spacial score (nSPS) is 28.2. The average Bonchev–Trinajstić information content (AvgIpc) is 0.799. The first-order chi connectivity index (χ1) is 44.8. The second-order valence-corrected chi connectivity index (χ2v) is 25.3. The molecule has 3 rings (SSSR count). The fourth-order valence-corrected chi connectivity index (χ4v) is 11.7. The lowest BCUT2D eigenvalue weighted by molar-refractivity contribution is -0.379. The predicted octanol–water partition coefficient (Wildman–Crippen LogP) is 9.88. The molecular formula is C73H127NO18. The van der Waals surface area contributed by atoms with Gasteiger partial charge in [-0.3, -0.25) is 4.79 Å². The van der Waals surface area contributed by atoms with Crippen LogP contribution in [0.5, 0.6) is 0 Å². The van der Waals surface area contributed by atoms with Crippen molar-refractivity contribution in [1.82, 2.24) is 5.32 Å². The standard InChI is InChI=1S/C73H127NO18/c1-3-5-7-9-11-13-15-16-17-18-19-20-21-22-23-24-25-26-27-28-29-30-31-32-33-34-35-36-37-38-39-40-41-43-45-47-49-51-61(79)74-56(57(78)50-48-46-44-42-14-12-10-8-6-4-2)55-87-71-67(85)64(82)69(59(53-76)89-71)92-73-68(86)65(83)70(60(54-77)90-73)91-72-66(84)63(81)62(80)58(52-75)88-72/h5,7,11,13,16-17,19-20,22-23,25-26,48,50,56-60,62-73,75-78,80-86H,3-4,6,8-10,12,14-15,18,21,24,27-47,49,51-55H2,1-2H3,(H,74,79)/b7-5-,13-11-,17-16-,20-19-,23-22-,26-25-,50-48+. The molecule has 0 aliphatic carbocycles. The molecule has 532 valence electrons. The van der Waals surface area contributed by atoms with Gasteiger partial charge in [0.15, 0.2) is 18.9 Å². The van der Waals surface area contributed by atoms with Gasteiger partial charge in [-0.25, -0.2) is 0 Å². The van der Waals surface area contributed by atoms with E-state index in [-0.39, 0.29) is 18.9 Å². The van der Waals surface area contributed by atoms with Crippen molar-refractivity contribution < 1.29 is 89.4 Å². The van der Waals surface area contributed by atoms with Gasteiger partial charge in [-0.2, -0.15) is 0 Å². The molecule has 0 aromatic heterocycles. The van der Waals surface area contributed by atoms with Gasteiger partial charge in [0.1, 0.15) is 73.2 Å². The molecule has 0 radical (unpaired) electrons. The van der Waals surface area contributed by atoms with Crippen LogP contribution in [0.4, 0.5) is 0 Å². The van der Waals surface area contributed by atoms with Crippen LogP contribution in [0.1, 0.15) is 239 Å². The lowest BCUT2D eigenvalue weighted by Crippen LogP contribution is -2.66. The zero-order valence-corrected chi connectivity index (χ0v) is 56.3. The summed E-state index contributed by atoms with van der Waals surface area (Å²) in [6, 6.07) is -0.973. The molecule has 3 heterocycles. The first kappa shape index (κ1) is 83.2. The highest BCUT2D eigenvalue weighted by molar-refractivity contribution is 5.76. The van der Waals surface area contributed by atoms with Crippen LogP contribution in [-0.4, -0.2) is 193 Å². The van der Waals surface area contributed by atoms with Crippen LogP contribution < -0.4 is 5.32 Å². The van der Waals surface area contributed by atoms with Gasteiger partial charge in [0.25, 0.3) is 0 Å². The van der Waals surface area contributed by atoms with Gasteiger partial charge in [0.05, 0.1) is 38.6 Å². The van der Waals surface area contributed by atoms with Crippen molar-refractivity contribution in [3.8, 4) is 0 Å². The highest BCUT2D eigenvalue weighted by Crippen LogP contribution is 2.33. The van der Waals surface area contributed by atoms with E-state index in [0.29, 0.717) is 6.42 Å². The van der Waals surface area contributed by atoms with E-state index in [9.17, 15) is 61.0 Å². The minimum absolute atomic E-state index is 0.241. The summed E-state index contributed by atoms with van der Waals surface area (Å²) in [6.07, 6.45) is 43.1. The van der Waals surface area contributed by atoms with E-state index in [2.05, 4.69) is 92.1 Å². The molecule has 0 saturated carbocycles. The Labute approximate surface area is 552 Å². The Bertz CT molecular complexity index is 2000. The largest absolute Gasteiger partial charge is 0.394 e. The average molecular weight is 1310 g/mol. The van der Waals surface area contributed by atoms with Gasteiger partial charge in [-0.1, -0.05) is 247 Å². The number of aliphatic hydroxyl groups is 11. The molecule has 92 heavy (non-hydrogen) atoms. The van der Waals surface area contributed by atoms with Crippen LogP contribution in [-0.2, 0) is 33.2 Å². The third kappa shape index (κ3) is 35.3. The minimum atomic E-state index is -1.98. The van der Waals surface area contributed by atoms with E-state index in [1.54, 1.807) is 6.08 Å². The number of amides is 1. The number of unbranched alkanes of at least 4 members (excludes halogenated alkanes) is 26. The SMILES string of the molecule is CC/C=C\C/C=C\C/C=C\C/C=C\C/C=C\C/C=C\CCCCCCCCCCCCCCCCCCCCC(=O)NC(COC1OC(CO)C(OC2OC(CO)C(OC3OC(CO)C(O)C(O)C3O)C(O)C2O)C(O)C1O)C(O)/C=C/CCCCCCCCCC. The molecule has 12 N–H and O–H groups in total. The van der Waals surface area contributed by atoms with Gasteiger partial charge in [-0.05, 0) is 70.6 Å². The van der Waals surface area contributed by atoms with Crippen molar-refractivity contribution >= 4 is 5.91 Å². The molecule has 3 saturated heterocycles. The molecule has 3 aliphatic heterocycles. The maximum atomic E-state index is 13.4. The maximum Gasteiger partial charge on any atom is 0.220 e. The monoisotopic (exact) mass is 1310 g/mol. The first-order valence-corrected chi connectivity index (χ1v) is 35.8. The number of aliphatic hydroxyl groups excluding tert-OH is 11. The quantitative estimate of drug-likeness (QED) is 0.0199. The first-order valence-electron chi connectivity index (χ1n) is 35.8. The second kappa shape index (κ2) is 54.0. The number of nitrogens with one attached hydrogen (secondary N) is 1. The van der Waals surface area contributed by atoms with E-state index in [0.717, 1.165) is 83.5 Å². The topological polar surface area (TPSA) is 307 Å². The number of carbonyl (C=O) groups excluding carboxylic acids is 1. The second-order valence-electron chi connectivity index (χ2n) is 25.3. The molecule has 3 fully saturated rings. The summed E-state index contributed by atoms with van der Waals surface area (Å²) in [4.78, 5) is 13.4. The third-order valence-corrected chi connectivity index (χ3v) is 17.4. The molecule has 17 unspecified atom stereocenters. The van der Waals surface area contributed by atoms with Crippen molar-refractivity contribution in [2.45, 2.75) is 343 Å². The Morgan fingerprint density at radius 3 is 1.17 bits per heavy atom. The van der Waals surface area contributed by atoms with E-state index >= 15 is 0 Å². The minimum Gasteiger partial charge on any atom is -0.394 e. The molecule has 1 amide bonds. The van der Waals surface area contributed by atoms with E-state index < -0.39 is 124 Å². The number of allylic oxidation sites excluding steroid dienone is 13.